The lowest BCUT2D eigenvalue weighted by atomic mass is 9.98. The fourth-order valence-electron chi connectivity index (χ4n) is 5.45. The van der Waals surface area contributed by atoms with E-state index in [4.69, 9.17) is 9.47 Å². The number of hydrogen-bond donors (Lipinski definition) is 2. The van der Waals surface area contributed by atoms with Crippen molar-refractivity contribution in [1.29, 1.82) is 0 Å². The van der Waals surface area contributed by atoms with E-state index in [0.29, 0.717) is 6.54 Å². The maximum atomic E-state index is 11.4. The average molecular weight is 565 g/mol. The second-order valence-corrected chi connectivity index (χ2v) is 11.1. The van der Waals surface area contributed by atoms with E-state index in [-0.39, 0.29) is 30.8 Å². The number of rotatable bonds is 10. The third-order valence-corrected chi connectivity index (χ3v) is 8.01. The Kier molecular flexibility index (Phi) is 9.82. The summed E-state index contributed by atoms with van der Waals surface area (Å²) in [6.07, 6.45) is -0.000964. The van der Waals surface area contributed by atoms with Crippen LogP contribution in [0.3, 0.4) is 0 Å². The van der Waals surface area contributed by atoms with Crippen molar-refractivity contribution in [2.45, 2.75) is 58.0 Å². The van der Waals surface area contributed by atoms with Gasteiger partial charge in [-0.3, -0.25) is 9.69 Å². The van der Waals surface area contributed by atoms with Crippen molar-refractivity contribution in [1.82, 2.24) is 10.2 Å². The quantitative estimate of drug-likeness (QED) is 0.224. The van der Waals surface area contributed by atoms with E-state index in [9.17, 15) is 9.90 Å². The van der Waals surface area contributed by atoms with E-state index in [1.165, 1.54) is 12.5 Å². The summed E-state index contributed by atoms with van der Waals surface area (Å²) in [6.45, 7) is 5.01. The molecule has 1 fully saturated rings. The summed E-state index contributed by atoms with van der Waals surface area (Å²) in [5, 5.41) is 12.4. The second kappa shape index (κ2) is 13.9. The molecule has 0 aromatic heterocycles. The number of nitrogens with one attached hydrogen (secondary N) is 1. The first kappa shape index (κ1) is 29.7. The van der Waals surface area contributed by atoms with Crippen molar-refractivity contribution in [3.05, 3.63) is 131 Å². The molecule has 1 saturated heterocycles. The van der Waals surface area contributed by atoms with Gasteiger partial charge in [-0.05, 0) is 59.5 Å². The van der Waals surface area contributed by atoms with Crippen LogP contribution in [-0.4, -0.2) is 35.6 Å². The molecule has 42 heavy (non-hydrogen) atoms. The Labute approximate surface area is 248 Å². The number of amides is 1. The first-order valence-corrected chi connectivity index (χ1v) is 14.6. The molecule has 6 heteroatoms. The molecule has 2 N–H and O–H groups in total. The summed E-state index contributed by atoms with van der Waals surface area (Å²) in [7, 11) is 2.14. The highest BCUT2D eigenvalue weighted by atomic mass is 16.7. The van der Waals surface area contributed by atoms with Crippen LogP contribution in [0.25, 0.3) is 11.1 Å². The fraction of sp³-hybridized carbons (Fsp3) is 0.306. The highest BCUT2D eigenvalue weighted by Gasteiger charge is 2.33. The summed E-state index contributed by atoms with van der Waals surface area (Å²) in [6, 6.07) is 35.3. The predicted octanol–water partition coefficient (Wildman–Crippen LogP) is 6.72. The zero-order valence-corrected chi connectivity index (χ0v) is 24.6. The van der Waals surface area contributed by atoms with Gasteiger partial charge in [0, 0.05) is 38.0 Å². The van der Waals surface area contributed by atoms with Gasteiger partial charge in [0.05, 0.1) is 18.8 Å². The summed E-state index contributed by atoms with van der Waals surface area (Å²) >= 11 is 0. The van der Waals surface area contributed by atoms with Gasteiger partial charge in [0.25, 0.3) is 0 Å². The third kappa shape index (κ3) is 7.52. The van der Waals surface area contributed by atoms with Crippen molar-refractivity contribution in [2.24, 2.45) is 0 Å². The van der Waals surface area contributed by atoms with Crippen LogP contribution in [0.4, 0.5) is 0 Å². The van der Waals surface area contributed by atoms with E-state index in [1.54, 1.807) is 0 Å². The lowest BCUT2D eigenvalue weighted by Gasteiger charge is -2.39. The van der Waals surface area contributed by atoms with Gasteiger partial charge in [-0.2, -0.15) is 0 Å². The van der Waals surface area contributed by atoms with Crippen LogP contribution in [0.15, 0.2) is 103 Å². The van der Waals surface area contributed by atoms with Crippen molar-refractivity contribution in [3.63, 3.8) is 0 Å². The van der Waals surface area contributed by atoms with Crippen LogP contribution in [0, 0.1) is 0 Å². The van der Waals surface area contributed by atoms with Crippen LogP contribution >= 0.6 is 0 Å². The monoisotopic (exact) mass is 564 g/mol. The molecule has 218 valence electrons. The van der Waals surface area contributed by atoms with E-state index >= 15 is 0 Å². The molecule has 6 nitrogen and oxygen atoms in total. The second-order valence-electron chi connectivity index (χ2n) is 11.1. The first-order valence-electron chi connectivity index (χ1n) is 14.6. The standard InChI is InChI=1S/C36H40N2O4/c1-25(29-10-5-4-6-11-29)38(3)23-34-21-35(30-17-15-27(24-39)16-18-30)42-36(41-34)33-14-8-13-32(20-33)31-12-7-9-28(19-31)22-37-26(2)40/h4-20,25,34-36,39H,21-24H2,1-3H3,(H,37,40). The molecule has 4 aromatic carbocycles. The number of aliphatic hydroxyl groups is 1. The molecule has 1 aliphatic rings. The van der Waals surface area contributed by atoms with Crippen LogP contribution < -0.4 is 5.32 Å². The summed E-state index contributed by atoms with van der Waals surface area (Å²) < 4.78 is 13.3. The van der Waals surface area contributed by atoms with Crippen molar-refractivity contribution in [2.75, 3.05) is 13.6 Å². The number of aliphatic hydroxyl groups excluding tert-OH is 1. The van der Waals surface area contributed by atoms with Crippen molar-refractivity contribution >= 4 is 5.91 Å². The Morgan fingerprint density at radius 3 is 2.31 bits per heavy atom. The molecule has 0 saturated carbocycles. The Morgan fingerprint density at radius 2 is 1.60 bits per heavy atom. The average Bonchev–Trinajstić information content (AvgIpc) is 3.04. The van der Waals surface area contributed by atoms with Gasteiger partial charge in [-0.15, -0.1) is 0 Å². The minimum atomic E-state index is -0.533. The van der Waals surface area contributed by atoms with E-state index in [0.717, 1.165) is 46.3 Å². The van der Waals surface area contributed by atoms with Gasteiger partial charge in [-0.1, -0.05) is 91.0 Å². The molecule has 0 aliphatic carbocycles. The number of nitrogens with zero attached hydrogens (tertiary/aromatic N) is 1. The van der Waals surface area contributed by atoms with Crippen LogP contribution in [0.2, 0.25) is 0 Å². The number of benzene rings is 4. The highest BCUT2D eigenvalue weighted by Crippen LogP contribution is 2.39. The number of carbonyl (C=O) groups is 1. The first-order chi connectivity index (χ1) is 20.4. The van der Waals surface area contributed by atoms with Crippen molar-refractivity contribution in [3.8, 4) is 11.1 Å². The Bertz CT molecular complexity index is 1460. The SMILES string of the molecule is CC(=O)NCc1cccc(-c2cccc(C3OC(CN(C)C(C)c4ccccc4)CC(c4ccc(CO)cc4)O3)c2)c1. The molecule has 1 amide bonds. The highest BCUT2D eigenvalue weighted by molar-refractivity contribution is 5.73. The number of carbonyl (C=O) groups excluding carboxylic acids is 1. The zero-order chi connectivity index (χ0) is 29.5. The van der Waals surface area contributed by atoms with Gasteiger partial charge >= 0.3 is 0 Å². The van der Waals surface area contributed by atoms with E-state index in [1.807, 2.05) is 48.5 Å². The van der Waals surface area contributed by atoms with Crippen LogP contribution in [0.5, 0.6) is 0 Å². The Hall–Kier alpha value is -3.81. The molecule has 1 heterocycles. The van der Waals surface area contributed by atoms with E-state index in [2.05, 4.69) is 78.8 Å². The molecule has 0 bridgehead atoms. The molecule has 0 spiro atoms. The molecule has 0 radical (unpaired) electrons. The van der Waals surface area contributed by atoms with E-state index < -0.39 is 6.29 Å². The summed E-state index contributed by atoms with van der Waals surface area (Å²) in [5.41, 5.74) is 7.35. The van der Waals surface area contributed by atoms with Gasteiger partial charge in [0.15, 0.2) is 6.29 Å². The summed E-state index contributed by atoms with van der Waals surface area (Å²) in [5.74, 6) is -0.0482. The van der Waals surface area contributed by atoms with Gasteiger partial charge in [0.2, 0.25) is 5.91 Å². The van der Waals surface area contributed by atoms with Crippen LogP contribution in [0.1, 0.15) is 66.5 Å². The predicted molar refractivity (Wildman–Crippen MR) is 165 cm³/mol. The maximum absolute atomic E-state index is 11.4. The Morgan fingerprint density at radius 1 is 0.881 bits per heavy atom. The number of hydrogen-bond acceptors (Lipinski definition) is 5. The molecule has 4 atom stereocenters. The normalized spacial score (nSPS) is 19.4. The molecular weight excluding hydrogens is 524 g/mol. The lowest BCUT2D eigenvalue weighted by Crippen LogP contribution is -2.38. The smallest absolute Gasteiger partial charge is 0.217 e. The Balaban J connectivity index is 1.39. The number of likely N-dealkylation sites (N-methyl/N-ethyl adjacent to an activating group) is 1. The fourth-order valence-corrected chi connectivity index (χ4v) is 5.45. The maximum Gasteiger partial charge on any atom is 0.217 e. The molecule has 1 aliphatic heterocycles. The van der Waals surface area contributed by atoms with Crippen molar-refractivity contribution < 1.29 is 19.4 Å². The zero-order valence-electron chi connectivity index (χ0n) is 24.6. The third-order valence-electron chi connectivity index (χ3n) is 8.01. The number of ether oxygens (including phenoxy) is 2. The lowest BCUT2D eigenvalue weighted by molar-refractivity contribution is -0.253. The van der Waals surface area contributed by atoms with Gasteiger partial charge in [-0.25, -0.2) is 0 Å². The van der Waals surface area contributed by atoms with Gasteiger partial charge < -0.3 is 19.9 Å². The van der Waals surface area contributed by atoms with Crippen LogP contribution in [-0.2, 0) is 27.4 Å². The minimum Gasteiger partial charge on any atom is -0.392 e. The largest absolute Gasteiger partial charge is 0.392 e. The topological polar surface area (TPSA) is 71.0 Å². The van der Waals surface area contributed by atoms with Gasteiger partial charge in [0.1, 0.15) is 0 Å². The molecule has 4 aromatic rings. The molecule has 4 unspecified atom stereocenters. The molecular formula is C36H40N2O4. The molecule has 5 rings (SSSR count). The summed E-state index contributed by atoms with van der Waals surface area (Å²) in [4.78, 5) is 13.7. The minimum absolute atomic E-state index is 0.0150.